The maximum Gasteiger partial charge on any atom is 0.333 e. The van der Waals surface area contributed by atoms with Gasteiger partial charge >= 0.3 is 17.9 Å². The average molecular weight is 455 g/mol. The monoisotopic (exact) mass is 454 g/mol. The first-order valence-corrected chi connectivity index (χ1v) is 11.8. The first-order valence-electron chi connectivity index (χ1n) is 11.8. The molecule has 184 valence electrons. The van der Waals surface area contributed by atoms with Crippen molar-refractivity contribution in [2.24, 2.45) is 5.41 Å². The number of hydrogen-bond donors (Lipinski definition) is 2. The fourth-order valence-corrected chi connectivity index (χ4v) is 3.35. The van der Waals surface area contributed by atoms with Crippen LogP contribution in [-0.2, 0) is 23.9 Å². The van der Waals surface area contributed by atoms with Crippen molar-refractivity contribution in [1.82, 2.24) is 0 Å². The van der Waals surface area contributed by atoms with E-state index >= 15 is 0 Å². The highest BCUT2D eigenvalue weighted by Crippen LogP contribution is 2.34. The summed E-state index contributed by atoms with van der Waals surface area (Å²) in [6, 6.07) is 0. The molecule has 7 heteroatoms. The van der Waals surface area contributed by atoms with E-state index < -0.39 is 36.2 Å². The molecule has 0 aromatic carbocycles. The Kier molecular flexibility index (Phi) is 16.0. The van der Waals surface area contributed by atoms with Crippen LogP contribution in [0.2, 0.25) is 0 Å². The number of carboxylic acids is 2. The summed E-state index contributed by atoms with van der Waals surface area (Å²) >= 11 is 0. The van der Waals surface area contributed by atoms with Crippen molar-refractivity contribution >= 4 is 17.9 Å². The minimum atomic E-state index is -2.28. The van der Waals surface area contributed by atoms with E-state index in [4.69, 9.17) is 9.47 Å². The molecular formula is C25H42O7. The molecular weight excluding hydrogens is 412 g/mol. The lowest BCUT2D eigenvalue weighted by Crippen LogP contribution is -2.41. The molecule has 0 bridgehead atoms. The molecule has 32 heavy (non-hydrogen) atoms. The molecule has 0 heterocycles. The molecule has 0 aliphatic carbocycles. The van der Waals surface area contributed by atoms with Gasteiger partial charge in [0.05, 0.1) is 19.0 Å². The Labute approximate surface area is 192 Å². The molecule has 7 nitrogen and oxygen atoms in total. The summed E-state index contributed by atoms with van der Waals surface area (Å²) in [4.78, 5) is 36.1. The van der Waals surface area contributed by atoms with Crippen molar-refractivity contribution in [3.63, 3.8) is 0 Å². The second-order valence-electron chi connectivity index (χ2n) is 8.35. The molecule has 0 amide bonds. The summed E-state index contributed by atoms with van der Waals surface area (Å²) in [5.74, 6) is -3.84. The molecule has 0 aromatic rings. The number of hydrogen-bond acceptors (Lipinski definition) is 5. The molecule has 0 aromatic heterocycles. The number of carboxylic acid groups (broad SMARTS) is 2. The quantitative estimate of drug-likeness (QED) is 0.0732. The van der Waals surface area contributed by atoms with Crippen molar-refractivity contribution in [3.8, 4) is 0 Å². The van der Waals surface area contributed by atoms with E-state index in [2.05, 4.69) is 27.0 Å². The SMILES string of the molecule is C=C(CC(CC(=C)C(=O)OCCCCCCCC)(C(=O)O)C(=O)O)OCCCCCCC. The Bertz CT molecular complexity index is 595. The highest BCUT2D eigenvalue weighted by molar-refractivity contribution is 6.00. The van der Waals surface area contributed by atoms with Crippen LogP contribution in [0.1, 0.15) is 97.3 Å². The zero-order valence-corrected chi connectivity index (χ0v) is 20.0. The first-order chi connectivity index (χ1) is 15.2. The van der Waals surface area contributed by atoms with Gasteiger partial charge in [-0.3, -0.25) is 9.59 Å². The standard InChI is InChI=1S/C25H42O7/c1-5-7-9-11-13-15-17-32-22(26)20(3)18-25(23(27)28,24(29)30)19-21(4)31-16-14-12-10-8-6-2/h3-19H2,1-2H3,(H,27,28)(H,29,30). The number of allylic oxidation sites excluding steroid dienone is 1. The van der Waals surface area contributed by atoms with E-state index in [1.165, 1.54) is 6.42 Å². The lowest BCUT2D eigenvalue weighted by Gasteiger charge is -2.26. The minimum absolute atomic E-state index is 0.0681. The Morgan fingerprint density at radius 3 is 1.59 bits per heavy atom. The fraction of sp³-hybridized carbons (Fsp3) is 0.720. The normalized spacial score (nSPS) is 11.1. The third kappa shape index (κ3) is 11.9. The van der Waals surface area contributed by atoms with Gasteiger partial charge in [-0.25, -0.2) is 4.79 Å². The molecule has 0 saturated heterocycles. The van der Waals surface area contributed by atoms with Crippen LogP contribution in [0.15, 0.2) is 24.5 Å². The summed E-state index contributed by atoms with van der Waals surface area (Å²) in [5, 5.41) is 19.4. The van der Waals surface area contributed by atoms with Gasteiger partial charge in [-0.05, 0) is 12.8 Å². The molecule has 0 unspecified atom stereocenters. The lowest BCUT2D eigenvalue weighted by atomic mass is 9.78. The van der Waals surface area contributed by atoms with Gasteiger partial charge in [0.2, 0.25) is 0 Å². The summed E-state index contributed by atoms with van der Waals surface area (Å²) in [6.07, 6.45) is 10.3. The van der Waals surface area contributed by atoms with Gasteiger partial charge in [-0.2, -0.15) is 0 Å². The lowest BCUT2D eigenvalue weighted by molar-refractivity contribution is -0.165. The van der Waals surface area contributed by atoms with Crippen LogP contribution in [0.25, 0.3) is 0 Å². The fourth-order valence-electron chi connectivity index (χ4n) is 3.35. The second-order valence-corrected chi connectivity index (χ2v) is 8.35. The number of rotatable bonds is 21. The van der Waals surface area contributed by atoms with Crippen molar-refractivity contribution in [3.05, 3.63) is 24.5 Å². The van der Waals surface area contributed by atoms with Gasteiger partial charge in [0.25, 0.3) is 0 Å². The molecule has 0 aliphatic rings. The topological polar surface area (TPSA) is 110 Å². The largest absolute Gasteiger partial charge is 0.499 e. The predicted molar refractivity (Wildman–Crippen MR) is 124 cm³/mol. The van der Waals surface area contributed by atoms with Gasteiger partial charge in [0, 0.05) is 18.4 Å². The van der Waals surface area contributed by atoms with E-state index in [0.717, 1.165) is 57.8 Å². The number of aliphatic carboxylic acids is 2. The van der Waals surface area contributed by atoms with Gasteiger partial charge < -0.3 is 19.7 Å². The number of ether oxygens (including phenoxy) is 2. The van der Waals surface area contributed by atoms with E-state index in [9.17, 15) is 24.6 Å². The molecule has 0 aliphatic heterocycles. The number of carbonyl (C=O) groups excluding carboxylic acids is 1. The van der Waals surface area contributed by atoms with Crippen LogP contribution in [-0.4, -0.2) is 41.3 Å². The molecule has 0 radical (unpaired) electrons. The average Bonchev–Trinajstić information content (AvgIpc) is 2.74. The van der Waals surface area contributed by atoms with Crippen molar-refractivity contribution in [1.29, 1.82) is 0 Å². The molecule has 0 saturated carbocycles. The van der Waals surface area contributed by atoms with Crippen LogP contribution in [0.5, 0.6) is 0 Å². The maximum atomic E-state index is 12.2. The van der Waals surface area contributed by atoms with Gasteiger partial charge in [0.15, 0.2) is 5.41 Å². The molecule has 0 fully saturated rings. The van der Waals surface area contributed by atoms with Gasteiger partial charge in [-0.1, -0.05) is 84.8 Å². The number of unbranched alkanes of at least 4 members (excludes halogenated alkanes) is 9. The number of esters is 1. The molecule has 2 N–H and O–H groups in total. The zero-order valence-electron chi connectivity index (χ0n) is 20.0. The van der Waals surface area contributed by atoms with Crippen LogP contribution >= 0.6 is 0 Å². The number of carbonyl (C=O) groups is 3. The molecule has 0 spiro atoms. The summed E-state index contributed by atoms with van der Waals surface area (Å²) in [5.41, 5.74) is -2.47. The summed E-state index contributed by atoms with van der Waals surface area (Å²) in [6.45, 7) is 12.1. The second kappa shape index (κ2) is 17.3. The van der Waals surface area contributed by atoms with Crippen molar-refractivity contribution in [2.45, 2.75) is 97.3 Å². The van der Waals surface area contributed by atoms with Crippen molar-refractivity contribution < 1.29 is 34.1 Å². The van der Waals surface area contributed by atoms with Gasteiger partial charge in [0.1, 0.15) is 0 Å². The van der Waals surface area contributed by atoms with Gasteiger partial charge in [-0.15, -0.1) is 0 Å². The highest BCUT2D eigenvalue weighted by Gasteiger charge is 2.48. The van der Waals surface area contributed by atoms with Crippen LogP contribution < -0.4 is 0 Å². The maximum absolute atomic E-state index is 12.2. The first kappa shape index (κ1) is 29.7. The highest BCUT2D eigenvalue weighted by atomic mass is 16.5. The summed E-state index contributed by atoms with van der Waals surface area (Å²) < 4.78 is 10.6. The van der Waals surface area contributed by atoms with E-state index in [1.807, 2.05) is 0 Å². The third-order valence-electron chi connectivity index (χ3n) is 5.41. The predicted octanol–water partition coefficient (Wildman–Crippen LogP) is 5.88. The van der Waals surface area contributed by atoms with E-state index in [0.29, 0.717) is 13.0 Å². The van der Waals surface area contributed by atoms with Crippen molar-refractivity contribution in [2.75, 3.05) is 13.2 Å². The Morgan fingerprint density at radius 2 is 1.12 bits per heavy atom. The smallest absolute Gasteiger partial charge is 0.333 e. The Hall–Kier alpha value is -2.31. The van der Waals surface area contributed by atoms with Crippen LogP contribution in [0.3, 0.4) is 0 Å². The zero-order chi connectivity index (χ0) is 24.4. The Morgan fingerprint density at radius 1 is 0.688 bits per heavy atom. The molecule has 0 atom stereocenters. The molecule has 0 rings (SSSR count). The van der Waals surface area contributed by atoms with E-state index in [-0.39, 0.29) is 17.9 Å². The minimum Gasteiger partial charge on any atom is -0.499 e. The third-order valence-corrected chi connectivity index (χ3v) is 5.41. The summed E-state index contributed by atoms with van der Waals surface area (Å²) in [7, 11) is 0. The van der Waals surface area contributed by atoms with E-state index in [1.54, 1.807) is 0 Å². The van der Waals surface area contributed by atoms with Crippen LogP contribution in [0, 0.1) is 5.41 Å². The Balaban J connectivity index is 4.71. The van der Waals surface area contributed by atoms with Crippen LogP contribution in [0.4, 0.5) is 0 Å².